The van der Waals surface area contributed by atoms with Crippen molar-refractivity contribution in [3.8, 4) is 5.75 Å². The predicted molar refractivity (Wildman–Crippen MR) is 162 cm³/mol. The van der Waals surface area contributed by atoms with Crippen molar-refractivity contribution in [1.29, 1.82) is 0 Å². The van der Waals surface area contributed by atoms with E-state index in [1.54, 1.807) is 7.11 Å². The molecule has 39 heavy (non-hydrogen) atoms. The van der Waals surface area contributed by atoms with Gasteiger partial charge >= 0.3 is 0 Å². The average Bonchev–Trinajstić information content (AvgIpc) is 2.99. The Morgan fingerprint density at radius 1 is 0.795 bits per heavy atom. The number of piperazine rings is 1. The Labute approximate surface area is 237 Å². The smallest absolute Gasteiger partial charge is 0.138 e. The normalized spacial score (nSPS) is 16.4. The maximum Gasteiger partial charge on any atom is 0.138 e. The van der Waals surface area contributed by atoms with Gasteiger partial charge < -0.3 is 9.84 Å². The Morgan fingerprint density at radius 2 is 1.41 bits per heavy atom. The number of aliphatic hydroxyl groups is 1. The lowest BCUT2D eigenvalue weighted by Gasteiger charge is -2.44. The highest BCUT2D eigenvalue weighted by Crippen LogP contribution is 2.36. The van der Waals surface area contributed by atoms with Crippen LogP contribution in [0.15, 0.2) is 91.0 Å². The van der Waals surface area contributed by atoms with E-state index in [0.717, 1.165) is 61.8 Å². The minimum atomic E-state index is -0.563. The van der Waals surface area contributed by atoms with Gasteiger partial charge in [0.25, 0.3) is 0 Å². The first kappa shape index (κ1) is 27.7. The monoisotopic (exact) mass is 542 g/mol. The van der Waals surface area contributed by atoms with Crippen molar-refractivity contribution in [2.24, 2.45) is 0 Å². The molecule has 0 bridgehead atoms. The van der Waals surface area contributed by atoms with Gasteiger partial charge in [-0.15, -0.1) is 0 Å². The van der Waals surface area contributed by atoms with Crippen molar-refractivity contribution < 1.29 is 9.84 Å². The Morgan fingerprint density at radius 3 is 2.00 bits per heavy atom. The van der Waals surface area contributed by atoms with Crippen LogP contribution in [0, 0.1) is 0 Å². The topological polar surface area (TPSA) is 35.9 Å². The second-order valence-electron chi connectivity index (χ2n) is 10.5. The second kappa shape index (κ2) is 13.0. The number of benzene rings is 4. The molecule has 4 aromatic carbocycles. The van der Waals surface area contributed by atoms with Crippen molar-refractivity contribution >= 4 is 22.4 Å². The molecule has 1 saturated heterocycles. The molecule has 0 amide bonds. The molecule has 204 valence electrons. The van der Waals surface area contributed by atoms with E-state index in [0.29, 0.717) is 10.8 Å². The summed E-state index contributed by atoms with van der Waals surface area (Å²) in [5.74, 6) is 0.667. The summed E-state index contributed by atoms with van der Waals surface area (Å²) in [7, 11) is 1.63. The molecule has 0 unspecified atom stereocenters. The fourth-order valence-electron chi connectivity index (χ4n) is 6.02. The number of fused-ring (bicyclic) bond motifs is 1. The van der Waals surface area contributed by atoms with E-state index in [2.05, 4.69) is 83.5 Å². The van der Waals surface area contributed by atoms with Crippen molar-refractivity contribution in [3.63, 3.8) is 0 Å². The Kier molecular flexibility index (Phi) is 9.21. The molecule has 1 heterocycles. The highest BCUT2D eigenvalue weighted by molar-refractivity contribution is 6.37. The number of nitrogens with zero attached hydrogens (tertiary/aromatic N) is 2. The third-order valence-corrected chi connectivity index (χ3v) is 8.53. The number of aliphatic hydroxyl groups excluding tert-OH is 1. The maximum atomic E-state index is 11.7. The van der Waals surface area contributed by atoms with Gasteiger partial charge in [-0.3, -0.25) is 9.80 Å². The van der Waals surface area contributed by atoms with Crippen LogP contribution < -0.4 is 4.74 Å². The number of unbranched alkanes of at least 4 members (excludes halogenated alkanes) is 1. The minimum Gasteiger partial charge on any atom is -0.495 e. The van der Waals surface area contributed by atoms with Gasteiger partial charge in [0.15, 0.2) is 0 Å². The van der Waals surface area contributed by atoms with Gasteiger partial charge in [-0.1, -0.05) is 110 Å². The number of rotatable bonds is 10. The van der Waals surface area contributed by atoms with E-state index in [9.17, 15) is 5.11 Å². The van der Waals surface area contributed by atoms with Gasteiger partial charge in [0.1, 0.15) is 5.75 Å². The van der Waals surface area contributed by atoms with Crippen LogP contribution in [0.3, 0.4) is 0 Å². The zero-order valence-electron chi connectivity index (χ0n) is 23.0. The fourth-order valence-corrected chi connectivity index (χ4v) is 6.33. The van der Waals surface area contributed by atoms with Crippen LogP contribution in [-0.4, -0.2) is 54.2 Å². The summed E-state index contributed by atoms with van der Waals surface area (Å²) >= 11 is 6.55. The first-order chi connectivity index (χ1) is 19.1. The predicted octanol–water partition coefficient (Wildman–Crippen LogP) is 7.50. The van der Waals surface area contributed by atoms with Gasteiger partial charge in [-0.2, -0.15) is 0 Å². The van der Waals surface area contributed by atoms with Crippen LogP contribution in [0.25, 0.3) is 10.8 Å². The molecule has 5 rings (SSSR count). The lowest BCUT2D eigenvalue weighted by Crippen LogP contribution is -2.52. The van der Waals surface area contributed by atoms with Gasteiger partial charge in [-0.05, 0) is 40.6 Å². The second-order valence-corrected chi connectivity index (χ2v) is 10.9. The summed E-state index contributed by atoms with van der Waals surface area (Å²) in [6.45, 7) is 5.99. The zero-order valence-corrected chi connectivity index (χ0v) is 23.7. The standard InChI is InChI=1S/C34H39ClN2O2/c1-3-4-15-30(34(38)28-16-18-29-27(24-28)17-19-31(39-2)32(29)35)36-20-22-37(23-21-36)33(25-11-7-5-8-12-25)26-13-9-6-10-14-26/h5-14,16-19,24,30,33-34,38H,3-4,15,20-23H2,1-2H3/t30-,34-/m0/s1. The highest BCUT2D eigenvalue weighted by Gasteiger charge is 2.32. The molecule has 4 aromatic rings. The van der Waals surface area contributed by atoms with Crippen molar-refractivity contribution in [1.82, 2.24) is 9.80 Å². The van der Waals surface area contributed by atoms with E-state index in [-0.39, 0.29) is 12.1 Å². The molecule has 5 heteroatoms. The first-order valence-corrected chi connectivity index (χ1v) is 14.5. The van der Waals surface area contributed by atoms with Crippen LogP contribution in [0.4, 0.5) is 0 Å². The van der Waals surface area contributed by atoms with Crippen LogP contribution in [0.2, 0.25) is 5.02 Å². The number of hydrogen-bond acceptors (Lipinski definition) is 4. The van der Waals surface area contributed by atoms with E-state index in [1.165, 1.54) is 11.1 Å². The van der Waals surface area contributed by atoms with Crippen LogP contribution in [-0.2, 0) is 0 Å². The van der Waals surface area contributed by atoms with Crippen molar-refractivity contribution in [3.05, 3.63) is 113 Å². The summed E-state index contributed by atoms with van der Waals surface area (Å²) in [6, 6.07) is 32.0. The summed E-state index contributed by atoms with van der Waals surface area (Å²) in [5, 5.41) is 14.3. The lowest BCUT2D eigenvalue weighted by atomic mass is 9.93. The molecule has 0 saturated carbocycles. The maximum absolute atomic E-state index is 11.7. The lowest BCUT2D eigenvalue weighted by molar-refractivity contribution is 0.00694. The van der Waals surface area contributed by atoms with Gasteiger partial charge in [0.2, 0.25) is 0 Å². The quantitative estimate of drug-likeness (QED) is 0.225. The van der Waals surface area contributed by atoms with Gasteiger partial charge in [0, 0.05) is 37.6 Å². The van der Waals surface area contributed by atoms with E-state index in [1.807, 2.05) is 24.3 Å². The van der Waals surface area contributed by atoms with Crippen molar-refractivity contribution in [2.45, 2.75) is 44.4 Å². The largest absolute Gasteiger partial charge is 0.495 e. The van der Waals surface area contributed by atoms with Gasteiger partial charge in [0.05, 0.1) is 24.3 Å². The molecule has 1 aliphatic rings. The molecule has 0 aliphatic carbocycles. The zero-order chi connectivity index (χ0) is 27.2. The molecule has 0 spiro atoms. The van der Waals surface area contributed by atoms with Crippen LogP contribution in [0.5, 0.6) is 5.75 Å². The molecule has 4 nitrogen and oxygen atoms in total. The van der Waals surface area contributed by atoms with Crippen molar-refractivity contribution in [2.75, 3.05) is 33.3 Å². The number of halogens is 1. The Hall–Kier alpha value is -2.89. The first-order valence-electron chi connectivity index (χ1n) is 14.1. The van der Waals surface area contributed by atoms with Crippen LogP contribution >= 0.6 is 11.6 Å². The molecular weight excluding hydrogens is 504 g/mol. The summed E-state index contributed by atoms with van der Waals surface area (Å²) in [6.07, 6.45) is 2.61. The Balaban J connectivity index is 1.35. The molecule has 1 aliphatic heterocycles. The van der Waals surface area contributed by atoms with Gasteiger partial charge in [-0.25, -0.2) is 0 Å². The number of methoxy groups -OCH3 is 1. The number of ether oxygens (including phenoxy) is 1. The van der Waals surface area contributed by atoms with E-state index < -0.39 is 6.10 Å². The SMILES string of the molecule is CCCC[C@@H]([C@@H](O)c1ccc2c(Cl)c(OC)ccc2c1)N1CCN(C(c2ccccc2)c2ccccc2)CC1. The Bertz CT molecular complexity index is 1300. The molecule has 1 N–H and O–H groups in total. The third-order valence-electron chi connectivity index (χ3n) is 8.14. The van der Waals surface area contributed by atoms with E-state index >= 15 is 0 Å². The fraction of sp³-hybridized carbons (Fsp3) is 0.353. The third kappa shape index (κ3) is 6.15. The molecular formula is C34H39ClN2O2. The molecule has 0 aromatic heterocycles. The van der Waals surface area contributed by atoms with Crippen LogP contribution in [0.1, 0.15) is 55.0 Å². The number of hydrogen-bond donors (Lipinski definition) is 1. The molecule has 0 radical (unpaired) electrons. The summed E-state index contributed by atoms with van der Waals surface area (Å²) in [5.41, 5.74) is 3.59. The summed E-state index contributed by atoms with van der Waals surface area (Å²) < 4.78 is 5.38. The highest BCUT2D eigenvalue weighted by atomic mass is 35.5. The average molecular weight is 543 g/mol. The minimum absolute atomic E-state index is 0.0742. The molecule has 2 atom stereocenters. The molecule has 1 fully saturated rings. The summed E-state index contributed by atoms with van der Waals surface area (Å²) in [4.78, 5) is 5.10. The van der Waals surface area contributed by atoms with E-state index in [4.69, 9.17) is 16.3 Å².